The summed E-state index contributed by atoms with van der Waals surface area (Å²) in [7, 11) is 0. The number of hydrogen-bond acceptors (Lipinski definition) is 4. The van der Waals surface area contributed by atoms with Gasteiger partial charge < -0.3 is 9.47 Å². The zero-order valence-corrected chi connectivity index (χ0v) is 30.7. The van der Waals surface area contributed by atoms with E-state index in [1.165, 1.54) is 138 Å². The molecule has 0 fully saturated rings. The van der Waals surface area contributed by atoms with Gasteiger partial charge in [-0.2, -0.15) is 0 Å². The van der Waals surface area contributed by atoms with Crippen molar-refractivity contribution < 1.29 is 9.47 Å². The molecule has 2 aromatic rings. The van der Waals surface area contributed by atoms with E-state index in [4.69, 9.17) is 9.47 Å². The molecule has 0 saturated heterocycles. The minimum Gasteiger partial charge on any atom is -0.361 e. The Balaban J connectivity index is 1.75. The van der Waals surface area contributed by atoms with E-state index < -0.39 is 0 Å². The number of ether oxygens (including phenoxy) is 2. The van der Waals surface area contributed by atoms with Gasteiger partial charge in [-0.15, -0.1) is 0 Å². The molecule has 0 aliphatic rings. The highest BCUT2D eigenvalue weighted by Crippen LogP contribution is 2.21. The highest BCUT2D eigenvalue weighted by molar-refractivity contribution is 5.63. The summed E-state index contributed by atoms with van der Waals surface area (Å²) in [6, 6.07) is 17.8. The molecule has 0 bridgehead atoms. The van der Waals surface area contributed by atoms with Crippen LogP contribution in [-0.2, 0) is 22.7 Å². The second-order valence-electron chi connectivity index (χ2n) is 13.5. The molecule has 0 aliphatic carbocycles. The average molecular weight is 637 g/mol. The molecule has 0 amide bonds. The first-order valence-corrected chi connectivity index (χ1v) is 19.5. The van der Waals surface area contributed by atoms with E-state index in [-0.39, 0.29) is 0 Å². The Bertz CT molecular complexity index is 852. The fourth-order valence-electron chi connectivity index (χ4n) is 6.06. The molecule has 4 heteroatoms. The van der Waals surface area contributed by atoms with Crippen LogP contribution in [0.25, 0.3) is 11.1 Å². The van der Waals surface area contributed by atoms with E-state index in [9.17, 15) is 0 Å². The van der Waals surface area contributed by atoms with Crippen LogP contribution >= 0.6 is 0 Å². The standard InChI is InChI=1S/C42H72N2O2/c1-5-9-13-15-17-21-33-43(31-19-11-7-3)37-45-35-39-23-27-41(28-24-39)42-29-25-40(26-30-42)36-46-38-44(32-20-12-8-4)34-22-18-16-14-10-6-2/h23-30H,5-22,31-38H2,1-4H3. The van der Waals surface area contributed by atoms with Crippen molar-refractivity contribution in [3.8, 4) is 11.1 Å². The van der Waals surface area contributed by atoms with Crippen molar-refractivity contribution in [3.05, 3.63) is 59.7 Å². The van der Waals surface area contributed by atoms with Gasteiger partial charge in [-0.3, -0.25) is 9.80 Å². The fraction of sp³-hybridized carbons (Fsp3) is 0.714. The molecule has 2 aromatic carbocycles. The lowest BCUT2D eigenvalue weighted by Gasteiger charge is -2.22. The molecule has 46 heavy (non-hydrogen) atoms. The zero-order valence-electron chi connectivity index (χ0n) is 30.7. The van der Waals surface area contributed by atoms with Crippen molar-refractivity contribution in [3.63, 3.8) is 0 Å². The van der Waals surface area contributed by atoms with Crippen LogP contribution in [0.15, 0.2) is 48.5 Å². The summed E-state index contributed by atoms with van der Waals surface area (Å²) in [5.41, 5.74) is 4.99. The SMILES string of the molecule is CCCCCCCCN(CCCCC)COCc1ccc(-c2ccc(COCN(CCCCC)CCCCCCCC)cc2)cc1. The van der Waals surface area contributed by atoms with Crippen LogP contribution in [0.4, 0.5) is 0 Å². The zero-order chi connectivity index (χ0) is 32.9. The van der Waals surface area contributed by atoms with Crippen molar-refractivity contribution in [1.82, 2.24) is 9.80 Å². The van der Waals surface area contributed by atoms with E-state index in [1.807, 2.05) is 0 Å². The van der Waals surface area contributed by atoms with Gasteiger partial charge in [-0.05, 0) is 47.9 Å². The van der Waals surface area contributed by atoms with Gasteiger partial charge in [0, 0.05) is 26.2 Å². The fourth-order valence-corrected chi connectivity index (χ4v) is 6.06. The van der Waals surface area contributed by atoms with E-state index in [1.54, 1.807) is 0 Å². The molecule has 0 unspecified atom stereocenters. The van der Waals surface area contributed by atoms with Crippen LogP contribution in [-0.4, -0.2) is 49.4 Å². The van der Waals surface area contributed by atoms with Gasteiger partial charge in [0.05, 0.1) is 26.7 Å². The molecule has 0 aromatic heterocycles. The van der Waals surface area contributed by atoms with E-state index in [0.29, 0.717) is 13.2 Å². The number of rotatable bonds is 31. The molecule has 262 valence electrons. The summed E-state index contributed by atoms with van der Waals surface area (Å²) in [6.45, 7) is 16.6. The molecule has 0 radical (unpaired) electrons. The molecule has 0 aliphatic heterocycles. The lowest BCUT2D eigenvalue weighted by atomic mass is 10.0. The maximum absolute atomic E-state index is 6.20. The third-order valence-electron chi connectivity index (χ3n) is 9.14. The summed E-state index contributed by atoms with van der Waals surface area (Å²) in [6.07, 6.45) is 23.8. The third kappa shape index (κ3) is 19.8. The van der Waals surface area contributed by atoms with Gasteiger partial charge in [0.15, 0.2) is 0 Å². The molecular weight excluding hydrogens is 564 g/mol. The number of hydrogen-bond donors (Lipinski definition) is 0. The molecule has 2 rings (SSSR count). The minimum absolute atomic E-state index is 0.672. The summed E-state index contributed by atoms with van der Waals surface area (Å²) in [5.74, 6) is 0. The molecule has 0 N–H and O–H groups in total. The lowest BCUT2D eigenvalue weighted by Crippen LogP contribution is -2.28. The van der Waals surface area contributed by atoms with E-state index in [2.05, 4.69) is 86.0 Å². The van der Waals surface area contributed by atoms with E-state index >= 15 is 0 Å². The maximum atomic E-state index is 6.20. The minimum atomic E-state index is 0.672. The van der Waals surface area contributed by atoms with Gasteiger partial charge in [-0.25, -0.2) is 0 Å². The number of unbranched alkanes of at least 4 members (excludes halogenated alkanes) is 14. The Labute approximate surface area is 285 Å². The van der Waals surface area contributed by atoms with Gasteiger partial charge >= 0.3 is 0 Å². The number of benzene rings is 2. The van der Waals surface area contributed by atoms with Crippen molar-refractivity contribution in [2.24, 2.45) is 0 Å². The van der Waals surface area contributed by atoms with Gasteiger partial charge in [0.1, 0.15) is 0 Å². The summed E-state index contributed by atoms with van der Waals surface area (Å²) >= 11 is 0. The van der Waals surface area contributed by atoms with Crippen LogP contribution in [0.1, 0.15) is 154 Å². The molecule has 0 saturated carbocycles. The van der Waals surface area contributed by atoms with Crippen molar-refractivity contribution in [2.45, 2.75) is 156 Å². The van der Waals surface area contributed by atoms with Crippen LogP contribution in [0.2, 0.25) is 0 Å². The van der Waals surface area contributed by atoms with E-state index in [0.717, 1.165) is 39.6 Å². The van der Waals surface area contributed by atoms with Gasteiger partial charge in [-0.1, -0.05) is 166 Å². The Morgan fingerprint density at radius 3 is 1.00 bits per heavy atom. The van der Waals surface area contributed by atoms with Gasteiger partial charge in [0.2, 0.25) is 0 Å². The average Bonchev–Trinajstić information content (AvgIpc) is 3.08. The summed E-state index contributed by atoms with van der Waals surface area (Å²) in [5, 5.41) is 0. The first-order valence-electron chi connectivity index (χ1n) is 19.5. The second kappa shape index (κ2) is 28.3. The predicted octanol–water partition coefficient (Wildman–Crippen LogP) is 12.0. The Kier molecular flexibility index (Phi) is 24.9. The third-order valence-corrected chi connectivity index (χ3v) is 9.14. The second-order valence-corrected chi connectivity index (χ2v) is 13.5. The molecule has 0 heterocycles. The van der Waals surface area contributed by atoms with Crippen LogP contribution in [0, 0.1) is 0 Å². The summed E-state index contributed by atoms with van der Waals surface area (Å²) in [4.78, 5) is 5.05. The smallest absolute Gasteiger partial charge is 0.0994 e. The first kappa shape index (κ1) is 40.5. The lowest BCUT2D eigenvalue weighted by molar-refractivity contribution is 0.0168. The topological polar surface area (TPSA) is 24.9 Å². The molecule has 0 atom stereocenters. The van der Waals surface area contributed by atoms with Crippen LogP contribution < -0.4 is 0 Å². The van der Waals surface area contributed by atoms with Crippen LogP contribution in [0.5, 0.6) is 0 Å². The van der Waals surface area contributed by atoms with Crippen molar-refractivity contribution in [1.29, 1.82) is 0 Å². The normalized spacial score (nSPS) is 11.7. The molecule has 0 spiro atoms. The maximum Gasteiger partial charge on any atom is 0.0994 e. The quantitative estimate of drug-likeness (QED) is 0.0607. The van der Waals surface area contributed by atoms with Crippen LogP contribution in [0.3, 0.4) is 0 Å². The monoisotopic (exact) mass is 637 g/mol. The Morgan fingerprint density at radius 1 is 0.370 bits per heavy atom. The summed E-state index contributed by atoms with van der Waals surface area (Å²) < 4.78 is 12.4. The Morgan fingerprint density at radius 2 is 0.652 bits per heavy atom. The first-order chi connectivity index (χ1) is 22.7. The molecular formula is C42H72N2O2. The highest BCUT2D eigenvalue weighted by atomic mass is 16.5. The van der Waals surface area contributed by atoms with Crippen molar-refractivity contribution in [2.75, 3.05) is 39.6 Å². The largest absolute Gasteiger partial charge is 0.361 e. The van der Waals surface area contributed by atoms with Gasteiger partial charge in [0.25, 0.3) is 0 Å². The number of nitrogens with zero attached hydrogens (tertiary/aromatic N) is 2. The Hall–Kier alpha value is -1.72. The van der Waals surface area contributed by atoms with Crippen molar-refractivity contribution >= 4 is 0 Å². The highest BCUT2D eigenvalue weighted by Gasteiger charge is 2.08. The molecule has 4 nitrogen and oxygen atoms in total. The predicted molar refractivity (Wildman–Crippen MR) is 200 cm³/mol.